The first-order valence-electron chi connectivity index (χ1n) is 9.31. The molecule has 0 saturated carbocycles. The van der Waals surface area contributed by atoms with Gasteiger partial charge in [0.15, 0.2) is 0 Å². The van der Waals surface area contributed by atoms with Crippen molar-refractivity contribution in [2.24, 2.45) is 0 Å². The Kier molecular flexibility index (Phi) is 12.6. The third-order valence-corrected chi connectivity index (χ3v) is 3.76. The second-order valence-electron chi connectivity index (χ2n) is 6.02. The minimum absolute atomic E-state index is 0.0254. The van der Waals surface area contributed by atoms with E-state index in [1.54, 1.807) is 7.11 Å². The van der Waals surface area contributed by atoms with Crippen molar-refractivity contribution in [3.63, 3.8) is 0 Å². The Bertz CT molecular complexity index is 465. The fourth-order valence-electron chi connectivity index (χ4n) is 2.29. The molecule has 1 amide bonds. The second kappa shape index (κ2) is 14.7. The number of hydrogen-bond donors (Lipinski definition) is 1. The highest BCUT2D eigenvalue weighted by atomic mass is 16.5. The Labute approximate surface area is 152 Å². The van der Waals surface area contributed by atoms with E-state index in [1.807, 2.05) is 24.3 Å². The molecule has 0 fully saturated rings. The van der Waals surface area contributed by atoms with E-state index in [9.17, 15) is 4.79 Å². The van der Waals surface area contributed by atoms with Crippen LogP contribution in [0.15, 0.2) is 24.3 Å². The first kappa shape index (κ1) is 21.5. The van der Waals surface area contributed by atoms with Crippen LogP contribution in [-0.2, 0) is 20.7 Å². The first-order valence-corrected chi connectivity index (χ1v) is 9.31. The van der Waals surface area contributed by atoms with Gasteiger partial charge in [0, 0.05) is 33.0 Å². The van der Waals surface area contributed by atoms with Crippen molar-refractivity contribution < 1.29 is 19.0 Å². The predicted octanol–water partition coefficient (Wildman–Crippen LogP) is 3.36. The molecule has 0 spiro atoms. The zero-order valence-electron chi connectivity index (χ0n) is 15.7. The number of carbonyl (C=O) groups excluding carboxylic acids is 1. The number of nitrogens with one attached hydrogen (secondary N) is 1. The third-order valence-electron chi connectivity index (χ3n) is 3.76. The summed E-state index contributed by atoms with van der Waals surface area (Å²) in [5.41, 5.74) is 0.953. The van der Waals surface area contributed by atoms with Crippen LogP contribution in [-0.4, -0.2) is 46.0 Å². The van der Waals surface area contributed by atoms with Gasteiger partial charge in [0.05, 0.1) is 13.5 Å². The van der Waals surface area contributed by atoms with E-state index in [2.05, 4.69) is 12.2 Å². The van der Waals surface area contributed by atoms with Crippen LogP contribution in [0.3, 0.4) is 0 Å². The largest absolute Gasteiger partial charge is 0.497 e. The Balaban J connectivity index is 1.93. The van der Waals surface area contributed by atoms with Gasteiger partial charge in [-0.05, 0) is 43.4 Å². The monoisotopic (exact) mass is 351 g/mol. The number of benzene rings is 1. The number of ether oxygens (including phenoxy) is 3. The summed E-state index contributed by atoms with van der Waals surface area (Å²) in [6.07, 6.45) is 5.58. The summed E-state index contributed by atoms with van der Waals surface area (Å²) in [5, 5.41) is 2.92. The molecule has 0 aliphatic carbocycles. The van der Waals surface area contributed by atoms with Crippen molar-refractivity contribution in [1.29, 1.82) is 0 Å². The van der Waals surface area contributed by atoms with Crippen LogP contribution >= 0.6 is 0 Å². The maximum Gasteiger partial charge on any atom is 0.224 e. The smallest absolute Gasteiger partial charge is 0.224 e. The maximum absolute atomic E-state index is 11.9. The molecule has 0 bridgehead atoms. The van der Waals surface area contributed by atoms with Gasteiger partial charge in [-0.25, -0.2) is 0 Å². The van der Waals surface area contributed by atoms with Gasteiger partial charge in [0.1, 0.15) is 5.75 Å². The van der Waals surface area contributed by atoms with E-state index in [1.165, 1.54) is 6.42 Å². The quantitative estimate of drug-likeness (QED) is 0.492. The number of unbranched alkanes of at least 4 members (excludes halogenated alkanes) is 2. The lowest BCUT2D eigenvalue weighted by Gasteiger charge is -2.07. The zero-order chi connectivity index (χ0) is 18.2. The summed E-state index contributed by atoms with van der Waals surface area (Å²) >= 11 is 0. The van der Waals surface area contributed by atoms with E-state index in [-0.39, 0.29) is 5.91 Å². The molecule has 1 aromatic rings. The van der Waals surface area contributed by atoms with Crippen molar-refractivity contribution >= 4 is 5.91 Å². The molecule has 0 atom stereocenters. The molecule has 0 heterocycles. The lowest BCUT2D eigenvalue weighted by atomic mass is 10.1. The van der Waals surface area contributed by atoms with Crippen LogP contribution in [0.1, 0.15) is 44.6 Å². The third kappa shape index (κ3) is 11.6. The molecule has 25 heavy (non-hydrogen) atoms. The molecule has 1 aromatic carbocycles. The summed E-state index contributed by atoms with van der Waals surface area (Å²) in [6.45, 7) is 5.93. The summed E-state index contributed by atoms with van der Waals surface area (Å²) in [5.74, 6) is 0.798. The van der Waals surface area contributed by atoms with Gasteiger partial charge >= 0.3 is 0 Å². The van der Waals surface area contributed by atoms with Crippen LogP contribution < -0.4 is 10.1 Å². The fourth-order valence-corrected chi connectivity index (χ4v) is 2.29. The van der Waals surface area contributed by atoms with Crippen LogP contribution in [0.5, 0.6) is 5.75 Å². The zero-order valence-corrected chi connectivity index (χ0v) is 15.7. The molecule has 0 aliphatic heterocycles. The Morgan fingerprint density at radius 1 is 1.00 bits per heavy atom. The lowest BCUT2D eigenvalue weighted by molar-refractivity contribution is -0.120. The Morgan fingerprint density at radius 3 is 2.36 bits per heavy atom. The molecular weight excluding hydrogens is 318 g/mol. The normalized spacial score (nSPS) is 10.6. The van der Waals surface area contributed by atoms with Crippen molar-refractivity contribution in [2.75, 3.05) is 40.1 Å². The van der Waals surface area contributed by atoms with Gasteiger partial charge in [-0.1, -0.05) is 25.5 Å². The number of carbonyl (C=O) groups is 1. The SMILES string of the molecule is CCCCOCCCCOCCCNC(=O)Cc1cccc(OC)c1. The average molecular weight is 351 g/mol. The minimum Gasteiger partial charge on any atom is -0.497 e. The number of hydrogen-bond acceptors (Lipinski definition) is 4. The Morgan fingerprint density at radius 2 is 1.68 bits per heavy atom. The molecule has 1 rings (SSSR count). The summed E-state index contributed by atoms with van der Waals surface area (Å²) in [4.78, 5) is 11.9. The first-order chi connectivity index (χ1) is 12.3. The van der Waals surface area contributed by atoms with E-state index < -0.39 is 0 Å². The molecule has 0 aromatic heterocycles. The van der Waals surface area contributed by atoms with Crippen molar-refractivity contribution in [3.05, 3.63) is 29.8 Å². The standard InChI is InChI=1S/C20H33NO4/c1-3-4-12-24-13-5-6-14-25-15-8-11-21-20(22)17-18-9-7-10-19(16-18)23-2/h7,9-10,16H,3-6,8,11-15,17H2,1-2H3,(H,21,22). The van der Waals surface area contributed by atoms with Crippen LogP contribution in [0.2, 0.25) is 0 Å². The summed E-state index contributed by atoms with van der Waals surface area (Å²) in [6, 6.07) is 7.58. The number of rotatable bonds is 15. The van der Waals surface area contributed by atoms with Crippen molar-refractivity contribution in [3.8, 4) is 5.75 Å². The highest BCUT2D eigenvalue weighted by Crippen LogP contribution is 2.12. The second-order valence-corrected chi connectivity index (χ2v) is 6.02. The molecule has 142 valence electrons. The van der Waals surface area contributed by atoms with E-state index in [0.29, 0.717) is 19.6 Å². The van der Waals surface area contributed by atoms with Crippen LogP contribution in [0, 0.1) is 0 Å². The molecule has 5 heteroatoms. The molecule has 1 N–H and O–H groups in total. The highest BCUT2D eigenvalue weighted by Gasteiger charge is 2.03. The Hall–Kier alpha value is -1.59. The van der Waals surface area contributed by atoms with Gasteiger partial charge in [0.2, 0.25) is 5.91 Å². The van der Waals surface area contributed by atoms with E-state index >= 15 is 0 Å². The fraction of sp³-hybridized carbons (Fsp3) is 0.650. The highest BCUT2D eigenvalue weighted by molar-refractivity contribution is 5.78. The molecule has 0 saturated heterocycles. The van der Waals surface area contributed by atoms with Gasteiger partial charge in [-0.3, -0.25) is 4.79 Å². The van der Waals surface area contributed by atoms with Crippen LogP contribution in [0.4, 0.5) is 0 Å². The lowest BCUT2D eigenvalue weighted by Crippen LogP contribution is -2.26. The number of methoxy groups -OCH3 is 1. The molecule has 5 nitrogen and oxygen atoms in total. The molecule has 0 radical (unpaired) electrons. The molecule has 0 aliphatic rings. The molecule has 0 unspecified atom stereocenters. The average Bonchev–Trinajstić information content (AvgIpc) is 2.62. The molecular formula is C20H33NO4. The predicted molar refractivity (Wildman–Crippen MR) is 100 cm³/mol. The van der Waals surface area contributed by atoms with Crippen molar-refractivity contribution in [1.82, 2.24) is 5.32 Å². The van der Waals surface area contributed by atoms with Crippen molar-refractivity contribution in [2.45, 2.75) is 45.4 Å². The van der Waals surface area contributed by atoms with Crippen LogP contribution in [0.25, 0.3) is 0 Å². The van der Waals surface area contributed by atoms with E-state index in [0.717, 1.165) is 56.8 Å². The summed E-state index contributed by atoms with van der Waals surface area (Å²) < 4.78 is 16.2. The minimum atomic E-state index is 0.0254. The van der Waals surface area contributed by atoms with E-state index in [4.69, 9.17) is 14.2 Å². The maximum atomic E-state index is 11.9. The topological polar surface area (TPSA) is 56.8 Å². The number of amides is 1. The van der Waals surface area contributed by atoms with Gasteiger partial charge < -0.3 is 19.5 Å². The van der Waals surface area contributed by atoms with Gasteiger partial charge in [0.25, 0.3) is 0 Å². The van der Waals surface area contributed by atoms with Gasteiger partial charge in [-0.15, -0.1) is 0 Å². The summed E-state index contributed by atoms with van der Waals surface area (Å²) in [7, 11) is 1.62. The van der Waals surface area contributed by atoms with Gasteiger partial charge in [-0.2, -0.15) is 0 Å².